The van der Waals surface area contributed by atoms with Crippen molar-refractivity contribution in [2.45, 2.75) is 25.8 Å². The number of piperidine rings is 1. The normalized spacial score (nSPS) is 18.7. The number of nitrogens with one attached hydrogen (secondary N) is 2. The second kappa shape index (κ2) is 7.20. The summed E-state index contributed by atoms with van der Waals surface area (Å²) in [4.78, 5) is 23.0. The lowest BCUT2D eigenvalue weighted by Crippen LogP contribution is -2.44. The number of imidazole rings is 1. The summed E-state index contributed by atoms with van der Waals surface area (Å²) in [5.74, 6) is 0.977. The average Bonchev–Trinajstić information content (AvgIpc) is 3.13. The van der Waals surface area contributed by atoms with Crippen LogP contribution in [0.3, 0.4) is 0 Å². The number of carbonyl (C=O) groups is 1. The lowest BCUT2D eigenvalue weighted by molar-refractivity contribution is -0.125. The molecule has 0 bridgehead atoms. The molecule has 1 saturated heterocycles. The summed E-state index contributed by atoms with van der Waals surface area (Å²) in [5, 5.41) is 3.17. The second-order valence-corrected chi connectivity index (χ2v) is 7.00. The number of aromatic amines is 1. The molecule has 0 saturated carbocycles. The van der Waals surface area contributed by atoms with Gasteiger partial charge in [-0.15, -0.1) is 0 Å². The van der Waals surface area contributed by atoms with Gasteiger partial charge >= 0.3 is 0 Å². The molecule has 2 N–H and O–H groups in total. The van der Waals surface area contributed by atoms with Gasteiger partial charge in [-0.2, -0.15) is 0 Å². The number of carbonyl (C=O) groups excluding carboxylic acids is 1. The highest BCUT2D eigenvalue weighted by Gasteiger charge is 2.28. The van der Waals surface area contributed by atoms with Crippen LogP contribution in [0.5, 0.6) is 0 Å². The van der Waals surface area contributed by atoms with E-state index in [2.05, 4.69) is 20.2 Å². The highest BCUT2D eigenvalue weighted by Crippen LogP contribution is 2.24. The van der Waals surface area contributed by atoms with E-state index >= 15 is 0 Å². The van der Waals surface area contributed by atoms with Crippen LogP contribution in [0.15, 0.2) is 54.6 Å². The smallest absolute Gasteiger partial charge is 0.225 e. The summed E-state index contributed by atoms with van der Waals surface area (Å²) < 4.78 is 0. The van der Waals surface area contributed by atoms with Crippen molar-refractivity contribution in [3.63, 3.8) is 0 Å². The number of aromatic nitrogens is 2. The average molecular weight is 348 g/mol. The number of rotatable bonds is 4. The first kappa shape index (κ1) is 16.6. The van der Waals surface area contributed by atoms with Crippen molar-refractivity contribution < 1.29 is 4.79 Å². The molecule has 1 aromatic heterocycles. The zero-order valence-corrected chi connectivity index (χ0v) is 15.0. The molecule has 0 unspecified atom stereocenters. The molecule has 4 rings (SSSR count). The number of amides is 1. The number of hydrogen-bond donors (Lipinski definition) is 2. The lowest BCUT2D eigenvalue weighted by Gasteiger charge is -2.32. The van der Waals surface area contributed by atoms with Gasteiger partial charge in [-0.05, 0) is 37.5 Å². The topological polar surface area (TPSA) is 61.0 Å². The summed E-state index contributed by atoms with van der Waals surface area (Å²) in [7, 11) is 0. The molecular weight excluding hydrogens is 324 g/mol. The molecule has 1 fully saturated rings. The predicted molar refractivity (Wildman–Crippen MR) is 104 cm³/mol. The molecule has 26 heavy (non-hydrogen) atoms. The molecule has 2 atom stereocenters. The van der Waals surface area contributed by atoms with E-state index in [1.54, 1.807) is 0 Å². The van der Waals surface area contributed by atoms with E-state index in [1.165, 1.54) is 0 Å². The lowest BCUT2D eigenvalue weighted by atomic mass is 9.96. The first-order valence-corrected chi connectivity index (χ1v) is 9.26. The molecule has 1 aliphatic rings. The Bertz CT molecular complexity index is 856. The molecule has 0 aliphatic carbocycles. The van der Waals surface area contributed by atoms with Crippen LogP contribution in [0, 0.1) is 5.92 Å². The van der Waals surface area contributed by atoms with Gasteiger partial charge < -0.3 is 15.2 Å². The molecule has 5 heteroatoms. The molecule has 1 amide bonds. The molecule has 1 aliphatic heterocycles. The third-order valence-electron chi connectivity index (χ3n) is 5.13. The Labute approximate surface area is 153 Å². The standard InChI is InChI=1S/C21H24N4O/c1-15(16-8-3-2-4-9-16)22-20(26)17-10-7-13-25(14-17)21-23-18-11-5-6-12-19(18)24-21/h2-6,8-9,11-12,15,17H,7,10,13-14H2,1H3,(H,22,26)(H,23,24)/t15-,17-/m0/s1. The van der Waals surface area contributed by atoms with Crippen LogP contribution >= 0.6 is 0 Å². The summed E-state index contributed by atoms with van der Waals surface area (Å²) >= 11 is 0. The van der Waals surface area contributed by atoms with Crippen LogP contribution in [0.4, 0.5) is 5.95 Å². The fraction of sp³-hybridized carbons (Fsp3) is 0.333. The van der Waals surface area contributed by atoms with Crippen LogP contribution in [-0.4, -0.2) is 29.0 Å². The summed E-state index contributed by atoms with van der Waals surface area (Å²) in [6, 6.07) is 18.1. The Morgan fingerprint density at radius 3 is 2.77 bits per heavy atom. The first-order chi connectivity index (χ1) is 12.7. The number of fused-ring (bicyclic) bond motifs is 1. The Hall–Kier alpha value is -2.82. The summed E-state index contributed by atoms with van der Waals surface area (Å²) in [6.07, 6.45) is 1.92. The van der Waals surface area contributed by atoms with Gasteiger partial charge in [0, 0.05) is 13.1 Å². The zero-order valence-electron chi connectivity index (χ0n) is 15.0. The molecule has 134 valence electrons. The van der Waals surface area contributed by atoms with E-state index in [9.17, 15) is 4.79 Å². The van der Waals surface area contributed by atoms with Gasteiger partial charge in [-0.3, -0.25) is 4.79 Å². The van der Waals surface area contributed by atoms with Crippen LogP contribution in [0.2, 0.25) is 0 Å². The van der Waals surface area contributed by atoms with Crippen LogP contribution in [0.25, 0.3) is 11.0 Å². The van der Waals surface area contributed by atoms with Crippen LogP contribution < -0.4 is 10.2 Å². The number of nitrogens with zero attached hydrogens (tertiary/aromatic N) is 2. The van der Waals surface area contributed by atoms with Gasteiger partial charge in [-0.25, -0.2) is 4.98 Å². The fourth-order valence-corrected chi connectivity index (χ4v) is 3.63. The number of benzene rings is 2. The van der Waals surface area contributed by atoms with E-state index in [0.29, 0.717) is 6.54 Å². The summed E-state index contributed by atoms with van der Waals surface area (Å²) in [6.45, 7) is 3.66. The Morgan fingerprint density at radius 1 is 1.19 bits per heavy atom. The minimum Gasteiger partial charge on any atom is -0.349 e. The Kier molecular flexibility index (Phi) is 4.61. The largest absolute Gasteiger partial charge is 0.349 e. The zero-order chi connectivity index (χ0) is 17.9. The first-order valence-electron chi connectivity index (χ1n) is 9.26. The third-order valence-corrected chi connectivity index (χ3v) is 5.13. The van der Waals surface area contributed by atoms with Crippen molar-refractivity contribution in [2.75, 3.05) is 18.0 Å². The highest BCUT2D eigenvalue weighted by atomic mass is 16.2. The Morgan fingerprint density at radius 2 is 1.96 bits per heavy atom. The van der Waals surface area contributed by atoms with Gasteiger partial charge in [-0.1, -0.05) is 42.5 Å². The number of hydrogen-bond acceptors (Lipinski definition) is 3. The van der Waals surface area contributed by atoms with Crippen molar-refractivity contribution in [3.8, 4) is 0 Å². The minimum absolute atomic E-state index is 0.0110. The maximum atomic E-state index is 12.8. The third kappa shape index (κ3) is 3.43. The van der Waals surface area contributed by atoms with Gasteiger partial charge in [0.1, 0.15) is 0 Å². The predicted octanol–water partition coefficient (Wildman–Crippen LogP) is 3.66. The molecule has 5 nitrogen and oxygen atoms in total. The molecule has 2 heterocycles. The number of H-pyrrole nitrogens is 1. The van der Waals surface area contributed by atoms with Gasteiger partial charge in [0.05, 0.1) is 23.0 Å². The van der Waals surface area contributed by atoms with E-state index < -0.39 is 0 Å². The SMILES string of the molecule is C[C@H](NC(=O)[C@H]1CCCN(c2nc3ccccc3[nH]2)C1)c1ccccc1. The van der Waals surface area contributed by atoms with Crippen molar-refractivity contribution in [1.82, 2.24) is 15.3 Å². The number of anilines is 1. The molecule has 2 aromatic carbocycles. The Balaban J connectivity index is 1.43. The van der Waals surface area contributed by atoms with Crippen molar-refractivity contribution in [2.24, 2.45) is 5.92 Å². The van der Waals surface area contributed by atoms with Crippen LogP contribution in [-0.2, 0) is 4.79 Å². The maximum Gasteiger partial charge on any atom is 0.225 e. The fourth-order valence-electron chi connectivity index (χ4n) is 3.63. The van der Waals surface area contributed by atoms with E-state index in [-0.39, 0.29) is 17.9 Å². The number of para-hydroxylation sites is 2. The van der Waals surface area contributed by atoms with Crippen molar-refractivity contribution in [1.29, 1.82) is 0 Å². The van der Waals surface area contributed by atoms with Gasteiger partial charge in [0.2, 0.25) is 11.9 Å². The summed E-state index contributed by atoms with van der Waals surface area (Å²) in [5.41, 5.74) is 3.13. The van der Waals surface area contributed by atoms with Crippen molar-refractivity contribution >= 4 is 22.9 Å². The molecular formula is C21H24N4O. The molecule has 3 aromatic rings. The minimum atomic E-state index is -0.0110. The van der Waals surface area contributed by atoms with Gasteiger partial charge in [0.25, 0.3) is 0 Å². The molecule has 0 radical (unpaired) electrons. The monoisotopic (exact) mass is 348 g/mol. The van der Waals surface area contributed by atoms with E-state index in [0.717, 1.165) is 41.9 Å². The van der Waals surface area contributed by atoms with E-state index in [4.69, 9.17) is 0 Å². The van der Waals surface area contributed by atoms with E-state index in [1.807, 2.05) is 61.5 Å². The van der Waals surface area contributed by atoms with Crippen LogP contribution in [0.1, 0.15) is 31.4 Å². The highest BCUT2D eigenvalue weighted by molar-refractivity contribution is 5.80. The molecule has 0 spiro atoms. The van der Waals surface area contributed by atoms with Gasteiger partial charge in [0.15, 0.2) is 0 Å². The second-order valence-electron chi connectivity index (χ2n) is 7.00. The maximum absolute atomic E-state index is 12.8. The van der Waals surface area contributed by atoms with Crippen molar-refractivity contribution in [3.05, 3.63) is 60.2 Å². The quantitative estimate of drug-likeness (QED) is 0.756.